The number of amides is 1. The quantitative estimate of drug-likeness (QED) is 0.798. The number of piperidine rings is 2. The molecule has 2 fully saturated rings. The third-order valence-corrected chi connectivity index (χ3v) is 6.52. The molecule has 0 saturated carbocycles. The summed E-state index contributed by atoms with van der Waals surface area (Å²) in [5, 5.41) is 3.42. The second kappa shape index (κ2) is 10.2. The number of hydrogen-bond acceptors (Lipinski definition) is 3. The first-order valence-corrected chi connectivity index (χ1v) is 10.8. The van der Waals surface area contributed by atoms with Gasteiger partial charge in [0.05, 0.1) is 0 Å². The van der Waals surface area contributed by atoms with Crippen LogP contribution in [0.15, 0.2) is 30.3 Å². The van der Waals surface area contributed by atoms with Crippen LogP contribution in [0.3, 0.4) is 0 Å². The second-order valence-corrected chi connectivity index (χ2v) is 8.78. The maximum atomic E-state index is 12.7. The van der Waals surface area contributed by atoms with Crippen molar-refractivity contribution in [3.8, 4) is 0 Å². The van der Waals surface area contributed by atoms with E-state index in [4.69, 9.17) is 0 Å². The van der Waals surface area contributed by atoms with E-state index < -0.39 is 0 Å². The molecule has 4 nitrogen and oxygen atoms in total. The van der Waals surface area contributed by atoms with Crippen molar-refractivity contribution in [2.45, 2.75) is 45.6 Å². The molecular formula is C23H37N3O. The first-order valence-electron chi connectivity index (χ1n) is 10.8. The van der Waals surface area contributed by atoms with Gasteiger partial charge in [0.2, 0.25) is 5.91 Å². The third-order valence-electron chi connectivity index (χ3n) is 6.52. The zero-order valence-corrected chi connectivity index (χ0v) is 17.2. The van der Waals surface area contributed by atoms with Crippen LogP contribution in [0.5, 0.6) is 0 Å². The molecule has 27 heavy (non-hydrogen) atoms. The van der Waals surface area contributed by atoms with Gasteiger partial charge in [-0.3, -0.25) is 4.79 Å². The monoisotopic (exact) mass is 371 g/mol. The van der Waals surface area contributed by atoms with Crippen LogP contribution in [0.25, 0.3) is 0 Å². The minimum absolute atomic E-state index is 0.386. The summed E-state index contributed by atoms with van der Waals surface area (Å²) in [6.45, 7) is 8.54. The Bertz CT molecular complexity index is 562. The number of nitrogens with zero attached hydrogens (tertiary/aromatic N) is 2. The summed E-state index contributed by atoms with van der Waals surface area (Å²) < 4.78 is 0. The Morgan fingerprint density at radius 2 is 1.81 bits per heavy atom. The minimum atomic E-state index is 0.386. The molecule has 0 spiro atoms. The van der Waals surface area contributed by atoms with Crippen LogP contribution in [0.2, 0.25) is 0 Å². The standard InChI is InChI=1S/C23H37N3O/c1-19(22-8-12-24-13-9-22)16-23(27)26-14-10-21(11-15-26)18-25(2)17-20-6-4-3-5-7-20/h3-7,19,21-22,24H,8-18H2,1-2H3. The number of carbonyl (C=O) groups excluding carboxylic acids is 1. The predicted octanol–water partition coefficient (Wildman–Crippen LogP) is 3.38. The lowest BCUT2D eigenvalue weighted by molar-refractivity contribution is -0.134. The van der Waals surface area contributed by atoms with Crippen LogP contribution in [0.4, 0.5) is 0 Å². The summed E-state index contributed by atoms with van der Waals surface area (Å²) in [5.41, 5.74) is 1.37. The molecule has 0 bridgehead atoms. The summed E-state index contributed by atoms with van der Waals surface area (Å²) in [5.74, 6) is 2.34. The highest BCUT2D eigenvalue weighted by Crippen LogP contribution is 2.26. The lowest BCUT2D eigenvalue weighted by Gasteiger charge is -2.35. The van der Waals surface area contributed by atoms with Gasteiger partial charge in [-0.2, -0.15) is 0 Å². The summed E-state index contributed by atoms with van der Waals surface area (Å²) in [4.78, 5) is 17.3. The molecule has 1 amide bonds. The molecule has 1 aromatic carbocycles. The average molecular weight is 372 g/mol. The number of likely N-dealkylation sites (tertiary alicyclic amines) is 1. The Morgan fingerprint density at radius 3 is 2.48 bits per heavy atom. The Morgan fingerprint density at radius 1 is 1.15 bits per heavy atom. The molecule has 0 radical (unpaired) electrons. The molecule has 1 atom stereocenters. The molecule has 2 aliphatic rings. The zero-order chi connectivity index (χ0) is 19.1. The number of nitrogens with one attached hydrogen (secondary N) is 1. The van der Waals surface area contributed by atoms with Gasteiger partial charge in [0.25, 0.3) is 0 Å². The number of carbonyl (C=O) groups is 1. The molecule has 0 aromatic heterocycles. The van der Waals surface area contributed by atoms with E-state index in [2.05, 4.69) is 59.4 Å². The van der Waals surface area contributed by atoms with E-state index in [0.717, 1.165) is 64.4 Å². The van der Waals surface area contributed by atoms with Gasteiger partial charge >= 0.3 is 0 Å². The molecule has 3 rings (SSSR count). The lowest BCUT2D eigenvalue weighted by atomic mass is 9.83. The van der Waals surface area contributed by atoms with Gasteiger partial charge in [-0.1, -0.05) is 37.3 Å². The molecule has 2 saturated heterocycles. The van der Waals surface area contributed by atoms with Gasteiger partial charge in [0, 0.05) is 32.6 Å². The molecule has 150 valence electrons. The van der Waals surface area contributed by atoms with E-state index in [1.807, 2.05) is 0 Å². The maximum Gasteiger partial charge on any atom is 0.222 e. The zero-order valence-electron chi connectivity index (χ0n) is 17.2. The van der Waals surface area contributed by atoms with Crippen molar-refractivity contribution in [3.63, 3.8) is 0 Å². The van der Waals surface area contributed by atoms with E-state index in [1.165, 1.54) is 18.4 Å². The molecule has 1 unspecified atom stereocenters. The normalized spacial score (nSPS) is 20.8. The van der Waals surface area contributed by atoms with E-state index in [9.17, 15) is 4.79 Å². The van der Waals surface area contributed by atoms with Crippen LogP contribution >= 0.6 is 0 Å². The fraction of sp³-hybridized carbons (Fsp3) is 0.696. The topological polar surface area (TPSA) is 35.6 Å². The molecular weight excluding hydrogens is 334 g/mol. The van der Waals surface area contributed by atoms with Crippen molar-refractivity contribution in [1.82, 2.24) is 15.1 Å². The van der Waals surface area contributed by atoms with Crippen molar-refractivity contribution in [2.24, 2.45) is 17.8 Å². The van der Waals surface area contributed by atoms with Gasteiger partial charge in [-0.05, 0) is 69.1 Å². The number of hydrogen-bond donors (Lipinski definition) is 1. The van der Waals surface area contributed by atoms with Gasteiger partial charge in [0.15, 0.2) is 0 Å². The van der Waals surface area contributed by atoms with Crippen LogP contribution in [-0.4, -0.2) is 55.5 Å². The minimum Gasteiger partial charge on any atom is -0.343 e. The van der Waals surface area contributed by atoms with Crippen LogP contribution in [0, 0.1) is 17.8 Å². The molecule has 2 aliphatic heterocycles. The van der Waals surface area contributed by atoms with Crippen molar-refractivity contribution < 1.29 is 4.79 Å². The fourth-order valence-electron chi connectivity index (χ4n) is 4.75. The average Bonchev–Trinajstić information content (AvgIpc) is 2.70. The van der Waals surface area contributed by atoms with Crippen molar-refractivity contribution in [1.29, 1.82) is 0 Å². The van der Waals surface area contributed by atoms with Gasteiger partial charge in [-0.25, -0.2) is 0 Å². The van der Waals surface area contributed by atoms with Crippen LogP contribution in [0.1, 0.15) is 44.6 Å². The molecule has 4 heteroatoms. The van der Waals surface area contributed by atoms with E-state index in [-0.39, 0.29) is 0 Å². The Balaban J connectivity index is 1.37. The molecule has 2 heterocycles. The fourth-order valence-corrected chi connectivity index (χ4v) is 4.75. The highest BCUT2D eigenvalue weighted by atomic mass is 16.2. The third kappa shape index (κ3) is 6.32. The van der Waals surface area contributed by atoms with Gasteiger partial charge < -0.3 is 15.1 Å². The van der Waals surface area contributed by atoms with E-state index >= 15 is 0 Å². The summed E-state index contributed by atoms with van der Waals surface area (Å²) in [6.07, 6.45) is 5.48. The first kappa shape index (κ1) is 20.3. The molecule has 1 aromatic rings. The number of rotatable bonds is 7. The first-order chi connectivity index (χ1) is 13.1. The largest absolute Gasteiger partial charge is 0.343 e. The SMILES string of the molecule is CC(CC(=O)N1CCC(CN(C)Cc2ccccc2)CC1)C1CCNCC1. The highest BCUT2D eigenvalue weighted by molar-refractivity contribution is 5.76. The van der Waals surface area contributed by atoms with Crippen molar-refractivity contribution >= 4 is 5.91 Å². The van der Waals surface area contributed by atoms with Crippen LogP contribution < -0.4 is 5.32 Å². The summed E-state index contributed by atoms with van der Waals surface area (Å²) in [7, 11) is 2.21. The maximum absolute atomic E-state index is 12.7. The number of benzene rings is 1. The predicted molar refractivity (Wildman–Crippen MR) is 111 cm³/mol. The Labute approximate surface area is 165 Å². The highest BCUT2D eigenvalue weighted by Gasteiger charge is 2.27. The summed E-state index contributed by atoms with van der Waals surface area (Å²) in [6, 6.07) is 10.7. The molecule has 1 N–H and O–H groups in total. The second-order valence-electron chi connectivity index (χ2n) is 8.78. The van der Waals surface area contributed by atoms with Crippen molar-refractivity contribution in [3.05, 3.63) is 35.9 Å². The van der Waals surface area contributed by atoms with Crippen LogP contribution in [-0.2, 0) is 11.3 Å². The Kier molecular flexibility index (Phi) is 7.71. The van der Waals surface area contributed by atoms with Gasteiger partial charge in [-0.15, -0.1) is 0 Å². The van der Waals surface area contributed by atoms with Crippen molar-refractivity contribution in [2.75, 3.05) is 39.8 Å². The van der Waals surface area contributed by atoms with Gasteiger partial charge in [0.1, 0.15) is 0 Å². The molecule has 0 aliphatic carbocycles. The van der Waals surface area contributed by atoms with E-state index in [1.54, 1.807) is 0 Å². The Hall–Kier alpha value is -1.39. The lowest BCUT2D eigenvalue weighted by Crippen LogP contribution is -2.42. The summed E-state index contributed by atoms with van der Waals surface area (Å²) >= 11 is 0. The smallest absolute Gasteiger partial charge is 0.222 e. The van der Waals surface area contributed by atoms with E-state index in [0.29, 0.717) is 17.7 Å².